The molecule has 2 rings (SSSR count). The van der Waals surface area contributed by atoms with Crippen molar-refractivity contribution in [3.8, 4) is 0 Å². The zero-order valence-corrected chi connectivity index (χ0v) is 12.8. The molecule has 2 aromatic rings. The van der Waals surface area contributed by atoms with E-state index in [0.717, 1.165) is 30.8 Å². The second-order valence-electron chi connectivity index (χ2n) is 5.08. The summed E-state index contributed by atoms with van der Waals surface area (Å²) in [6.07, 6.45) is 2.69. The van der Waals surface area contributed by atoms with E-state index in [9.17, 15) is 0 Å². The van der Waals surface area contributed by atoms with Crippen molar-refractivity contribution < 1.29 is 4.74 Å². The van der Waals surface area contributed by atoms with Crippen molar-refractivity contribution in [3.63, 3.8) is 0 Å². The summed E-state index contributed by atoms with van der Waals surface area (Å²) < 4.78 is 7.10. The first-order valence-corrected chi connectivity index (χ1v) is 7.10. The maximum Gasteiger partial charge on any atom is 0.226 e. The van der Waals surface area contributed by atoms with Gasteiger partial charge in [0, 0.05) is 26.8 Å². The zero-order chi connectivity index (χ0) is 14.5. The number of hydrogen-bond acceptors (Lipinski definition) is 5. The highest BCUT2D eigenvalue weighted by atomic mass is 35.5. The summed E-state index contributed by atoms with van der Waals surface area (Å²) >= 11 is 5.94. The van der Waals surface area contributed by atoms with Crippen LogP contribution in [0.25, 0.3) is 11.2 Å². The normalized spacial score (nSPS) is 11.4. The zero-order valence-electron chi connectivity index (χ0n) is 12.1. The van der Waals surface area contributed by atoms with Crippen LogP contribution in [0.3, 0.4) is 0 Å². The van der Waals surface area contributed by atoms with Crippen LogP contribution in [0.2, 0.25) is 5.28 Å². The minimum atomic E-state index is 0.210. The van der Waals surface area contributed by atoms with Crippen molar-refractivity contribution in [1.29, 1.82) is 0 Å². The Morgan fingerprint density at radius 2 is 2.20 bits per heavy atom. The Bertz CT molecular complexity index is 569. The van der Waals surface area contributed by atoms with Crippen molar-refractivity contribution in [1.82, 2.24) is 19.5 Å². The van der Waals surface area contributed by atoms with E-state index in [2.05, 4.69) is 38.7 Å². The van der Waals surface area contributed by atoms with Gasteiger partial charge in [-0.3, -0.25) is 0 Å². The maximum atomic E-state index is 5.94. The van der Waals surface area contributed by atoms with E-state index >= 15 is 0 Å². The summed E-state index contributed by atoms with van der Waals surface area (Å²) in [4.78, 5) is 12.7. The highest BCUT2D eigenvalue weighted by Crippen LogP contribution is 2.22. The molecule has 0 aliphatic rings. The lowest BCUT2D eigenvalue weighted by Crippen LogP contribution is -2.10. The van der Waals surface area contributed by atoms with Crippen LogP contribution < -0.4 is 5.32 Å². The van der Waals surface area contributed by atoms with E-state index in [-0.39, 0.29) is 5.28 Å². The van der Waals surface area contributed by atoms with Gasteiger partial charge < -0.3 is 14.6 Å². The molecule has 0 fully saturated rings. The van der Waals surface area contributed by atoms with Gasteiger partial charge >= 0.3 is 0 Å². The van der Waals surface area contributed by atoms with Crippen LogP contribution in [0.4, 0.5) is 5.82 Å². The smallest absolute Gasteiger partial charge is 0.226 e. The van der Waals surface area contributed by atoms with Crippen molar-refractivity contribution in [3.05, 3.63) is 11.6 Å². The molecule has 6 nitrogen and oxygen atoms in total. The number of methoxy groups -OCH3 is 1. The van der Waals surface area contributed by atoms with E-state index in [0.29, 0.717) is 18.2 Å². The molecule has 0 bridgehead atoms. The number of nitrogens with one attached hydrogen (secondary N) is 1. The highest BCUT2D eigenvalue weighted by Gasteiger charge is 2.13. The molecule has 7 heteroatoms. The van der Waals surface area contributed by atoms with Crippen LogP contribution in [0.15, 0.2) is 6.33 Å². The lowest BCUT2D eigenvalue weighted by atomic mass is 10.2. The molecule has 20 heavy (non-hydrogen) atoms. The number of aromatic nitrogens is 4. The summed E-state index contributed by atoms with van der Waals surface area (Å²) in [6, 6.07) is 0. The number of hydrogen-bond donors (Lipinski definition) is 1. The predicted molar refractivity (Wildman–Crippen MR) is 80.2 cm³/mol. The molecule has 1 N–H and O–H groups in total. The molecular weight excluding hydrogens is 278 g/mol. The maximum absolute atomic E-state index is 5.94. The third-order valence-electron chi connectivity index (χ3n) is 2.82. The molecule has 0 unspecified atom stereocenters. The molecule has 2 aromatic heterocycles. The van der Waals surface area contributed by atoms with Gasteiger partial charge in [0.15, 0.2) is 11.5 Å². The lowest BCUT2D eigenvalue weighted by Gasteiger charge is -2.11. The number of ether oxygens (including phenoxy) is 1. The number of anilines is 1. The summed E-state index contributed by atoms with van der Waals surface area (Å²) in [5.74, 6) is 1.25. The molecular formula is C13H20ClN5O. The van der Waals surface area contributed by atoms with E-state index in [1.54, 1.807) is 13.4 Å². The third kappa shape index (κ3) is 3.58. The second-order valence-corrected chi connectivity index (χ2v) is 5.42. The van der Waals surface area contributed by atoms with Gasteiger partial charge in [-0.2, -0.15) is 9.97 Å². The molecule has 0 aromatic carbocycles. The van der Waals surface area contributed by atoms with Gasteiger partial charge in [-0.15, -0.1) is 0 Å². The van der Waals surface area contributed by atoms with Gasteiger partial charge in [-0.05, 0) is 23.9 Å². The minimum absolute atomic E-state index is 0.210. The number of nitrogens with zero attached hydrogens (tertiary/aromatic N) is 4. The third-order valence-corrected chi connectivity index (χ3v) is 2.99. The molecule has 110 valence electrons. The van der Waals surface area contributed by atoms with Gasteiger partial charge in [0.2, 0.25) is 5.28 Å². The Hall–Kier alpha value is -1.40. The first-order chi connectivity index (χ1) is 9.61. The van der Waals surface area contributed by atoms with E-state index in [1.165, 1.54) is 0 Å². The fourth-order valence-electron chi connectivity index (χ4n) is 2.03. The first kappa shape index (κ1) is 15.0. The first-order valence-electron chi connectivity index (χ1n) is 6.73. The molecule has 0 amide bonds. The van der Waals surface area contributed by atoms with Crippen LogP contribution in [0.1, 0.15) is 20.3 Å². The van der Waals surface area contributed by atoms with Crippen molar-refractivity contribution >= 4 is 28.6 Å². The molecule has 0 aliphatic carbocycles. The van der Waals surface area contributed by atoms with Crippen LogP contribution in [0.5, 0.6) is 0 Å². The largest absolute Gasteiger partial charge is 0.385 e. The van der Waals surface area contributed by atoms with Crippen LogP contribution in [-0.2, 0) is 11.3 Å². The average Bonchev–Trinajstić information content (AvgIpc) is 2.76. The number of imidazole rings is 1. The topological polar surface area (TPSA) is 64.9 Å². The number of halogens is 1. The summed E-state index contributed by atoms with van der Waals surface area (Å²) in [7, 11) is 1.69. The van der Waals surface area contributed by atoms with E-state index in [1.807, 2.05) is 0 Å². The van der Waals surface area contributed by atoms with Gasteiger partial charge in [-0.25, -0.2) is 4.98 Å². The number of fused-ring (bicyclic) bond motifs is 1. The van der Waals surface area contributed by atoms with Crippen LogP contribution in [0, 0.1) is 5.92 Å². The average molecular weight is 298 g/mol. The monoisotopic (exact) mass is 297 g/mol. The Morgan fingerprint density at radius 3 is 2.90 bits per heavy atom. The SMILES string of the molecule is COCCCNc1nc(Cl)nc2ncn(CC(C)C)c12. The standard InChI is InChI=1S/C13H20ClN5O/c1-9(2)7-19-8-16-12-10(19)11(17-13(14)18-12)15-5-4-6-20-3/h8-9H,4-7H2,1-3H3,(H,15,17,18). The molecule has 0 spiro atoms. The minimum Gasteiger partial charge on any atom is -0.385 e. The molecule has 0 aliphatic heterocycles. The Labute approximate surface area is 123 Å². The predicted octanol–water partition coefficient (Wildman–Crippen LogP) is 2.58. The highest BCUT2D eigenvalue weighted by molar-refractivity contribution is 6.28. The van der Waals surface area contributed by atoms with Crippen LogP contribution >= 0.6 is 11.6 Å². The second kappa shape index (κ2) is 6.85. The van der Waals surface area contributed by atoms with Crippen molar-refractivity contribution in [2.45, 2.75) is 26.8 Å². The fourth-order valence-corrected chi connectivity index (χ4v) is 2.20. The quantitative estimate of drug-likeness (QED) is 0.628. The Kier molecular flexibility index (Phi) is 5.14. The summed E-state index contributed by atoms with van der Waals surface area (Å²) in [5, 5.41) is 3.50. The molecule has 0 saturated carbocycles. The van der Waals surface area contributed by atoms with Crippen LogP contribution in [-0.4, -0.2) is 39.8 Å². The molecule has 0 saturated heterocycles. The van der Waals surface area contributed by atoms with Gasteiger partial charge in [0.25, 0.3) is 0 Å². The molecule has 0 radical (unpaired) electrons. The summed E-state index contributed by atoms with van der Waals surface area (Å²) in [6.45, 7) is 6.67. The fraction of sp³-hybridized carbons (Fsp3) is 0.615. The van der Waals surface area contributed by atoms with Gasteiger partial charge in [0.05, 0.1) is 6.33 Å². The van der Waals surface area contributed by atoms with Crippen molar-refractivity contribution in [2.24, 2.45) is 5.92 Å². The number of rotatable bonds is 7. The van der Waals surface area contributed by atoms with Gasteiger partial charge in [0.1, 0.15) is 5.52 Å². The Balaban J connectivity index is 2.27. The summed E-state index contributed by atoms with van der Waals surface area (Å²) in [5.41, 5.74) is 1.53. The molecule has 0 atom stereocenters. The molecule has 2 heterocycles. The van der Waals surface area contributed by atoms with E-state index in [4.69, 9.17) is 16.3 Å². The van der Waals surface area contributed by atoms with Gasteiger partial charge in [-0.1, -0.05) is 13.8 Å². The van der Waals surface area contributed by atoms with E-state index < -0.39 is 0 Å². The van der Waals surface area contributed by atoms with Crippen molar-refractivity contribution in [2.75, 3.05) is 25.6 Å². The lowest BCUT2D eigenvalue weighted by molar-refractivity contribution is 0.198. The Morgan fingerprint density at radius 1 is 1.40 bits per heavy atom.